The van der Waals surface area contributed by atoms with Crippen LogP contribution in [0.3, 0.4) is 0 Å². The summed E-state index contributed by atoms with van der Waals surface area (Å²) in [6, 6.07) is 5.66. The van der Waals surface area contributed by atoms with Crippen LogP contribution in [0.4, 0.5) is 0 Å². The van der Waals surface area contributed by atoms with Crippen LogP contribution in [-0.2, 0) is 22.7 Å². The van der Waals surface area contributed by atoms with E-state index in [-0.39, 0.29) is 12.4 Å². The van der Waals surface area contributed by atoms with Gasteiger partial charge in [-0.05, 0) is 68.0 Å². The predicted octanol–water partition coefficient (Wildman–Crippen LogP) is 1.91. The summed E-state index contributed by atoms with van der Waals surface area (Å²) in [7, 11) is -3.11. The minimum Gasteiger partial charge on any atom is -0.316 e. The number of rotatable bonds is 3. The average molecular weight is 359 g/mol. The Morgan fingerprint density at radius 3 is 2.61 bits per heavy atom. The van der Waals surface area contributed by atoms with Gasteiger partial charge in [-0.15, -0.1) is 12.4 Å². The average Bonchev–Trinajstić information content (AvgIpc) is 2.70. The van der Waals surface area contributed by atoms with E-state index in [1.807, 2.05) is 12.1 Å². The van der Waals surface area contributed by atoms with Gasteiger partial charge in [0.25, 0.3) is 0 Å². The molecule has 0 aliphatic carbocycles. The van der Waals surface area contributed by atoms with Gasteiger partial charge in [-0.3, -0.25) is 0 Å². The zero-order valence-corrected chi connectivity index (χ0v) is 15.4. The van der Waals surface area contributed by atoms with E-state index in [1.54, 1.807) is 6.07 Å². The molecule has 1 saturated heterocycles. The summed E-state index contributed by atoms with van der Waals surface area (Å²) in [5.41, 5.74) is 2.53. The lowest BCUT2D eigenvalue weighted by molar-refractivity contribution is 0.215. The van der Waals surface area contributed by atoms with Crippen LogP contribution in [0, 0.1) is 5.92 Å². The van der Waals surface area contributed by atoms with E-state index in [0.29, 0.717) is 4.90 Å². The maximum atomic E-state index is 11.7. The highest BCUT2D eigenvalue weighted by Crippen LogP contribution is 2.21. The highest BCUT2D eigenvalue weighted by molar-refractivity contribution is 7.90. The molecule has 6 heteroatoms. The Balaban J connectivity index is 0.00000192. The smallest absolute Gasteiger partial charge is 0.175 e. The molecule has 3 rings (SSSR count). The molecule has 1 N–H and O–H groups in total. The topological polar surface area (TPSA) is 49.4 Å². The van der Waals surface area contributed by atoms with E-state index in [2.05, 4.69) is 10.2 Å². The van der Waals surface area contributed by atoms with Crippen molar-refractivity contribution in [3.05, 3.63) is 29.3 Å². The van der Waals surface area contributed by atoms with Crippen LogP contribution in [-0.4, -0.2) is 52.3 Å². The molecule has 130 valence electrons. The summed E-state index contributed by atoms with van der Waals surface area (Å²) in [6.07, 6.45) is 5.89. The summed E-state index contributed by atoms with van der Waals surface area (Å²) in [4.78, 5) is 3.01. The zero-order valence-electron chi connectivity index (χ0n) is 13.8. The van der Waals surface area contributed by atoms with Gasteiger partial charge in [0.05, 0.1) is 4.90 Å². The molecule has 0 saturated carbocycles. The molecule has 0 spiro atoms. The van der Waals surface area contributed by atoms with Crippen molar-refractivity contribution < 1.29 is 8.42 Å². The Morgan fingerprint density at radius 2 is 1.96 bits per heavy atom. The summed E-state index contributed by atoms with van der Waals surface area (Å²) in [5.74, 6) is 0.765. The minimum absolute atomic E-state index is 0. The first-order valence-electron chi connectivity index (χ1n) is 8.27. The van der Waals surface area contributed by atoms with Crippen molar-refractivity contribution in [3.8, 4) is 0 Å². The third kappa shape index (κ3) is 4.92. The normalized spacial score (nSPS) is 22.7. The second-order valence-electron chi connectivity index (χ2n) is 6.72. The molecule has 2 aliphatic rings. The van der Waals surface area contributed by atoms with Crippen LogP contribution < -0.4 is 5.32 Å². The van der Waals surface area contributed by atoms with Crippen molar-refractivity contribution in [2.24, 2.45) is 5.92 Å². The lowest BCUT2D eigenvalue weighted by Gasteiger charge is -2.29. The maximum Gasteiger partial charge on any atom is 0.175 e. The summed E-state index contributed by atoms with van der Waals surface area (Å²) >= 11 is 0. The van der Waals surface area contributed by atoms with Gasteiger partial charge >= 0.3 is 0 Å². The van der Waals surface area contributed by atoms with Crippen molar-refractivity contribution in [2.45, 2.75) is 30.6 Å². The monoisotopic (exact) mass is 358 g/mol. The molecule has 0 aromatic heterocycles. The summed E-state index contributed by atoms with van der Waals surface area (Å²) in [5, 5.41) is 3.49. The molecule has 2 aliphatic heterocycles. The van der Waals surface area contributed by atoms with Crippen molar-refractivity contribution in [3.63, 3.8) is 0 Å². The van der Waals surface area contributed by atoms with Crippen molar-refractivity contribution in [2.75, 3.05) is 39.0 Å². The van der Waals surface area contributed by atoms with Gasteiger partial charge in [0, 0.05) is 25.9 Å². The van der Waals surface area contributed by atoms with Gasteiger partial charge in [0.2, 0.25) is 0 Å². The Kier molecular flexibility index (Phi) is 6.48. The lowest BCUT2D eigenvalue weighted by atomic mass is 9.99. The fourth-order valence-corrected chi connectivity index (χ4v) is 4.28. The molecule has 0 amide bonds. The molecule has 0 radical (unpaired) electrons. The van der Waals surface area contributed by atoms with Gasteiger partial charge in [-0.2, -0.15) is 0 Å². The number of hydrogen-bond acceptors (Lipinski definition) is 4. The molecule has 0 bridgehead atoms. The van der Waals surface area contributed by atoms with Gasteiger partial charge in [0.1, 0.15) is 0 Å². The second-order valence-corrected chi connectivity index (χ2v) is 8.73. The number of piperidine rings is 1. The van der Waals surface area contributed by atoms with Crippen LogP contribution >= 0.6 is 12.4 Å². The molecule has 4 nitrogen and oxygen atoms in total. The number of benzene rings is 1. The number of nitrogens with one attached hydrogen (secondary N) is 1. The van der Waals surface area contributed by atoms with Gasteiger partial charge in [-0.25, -0.2) is 8.42 Å². The number of nitrogens with zero attached hydrogens (tertiary/aromatic N) is 1. The van der Waals surface area contributed by atoms with Gasteiger partial charge in [0.15, 0.2) is 9.84 Å². The van der Waals surface area contributed by atoms with Crippen LogP contribution in [0.1, 0.15) is 24.0 Å². The first-order valence-corrected chi connectivity index (χ1v) is 10.2. The molecule has 1 fully saturated rings. The standard InChI is InChI=1S/C17H26N2O2S.ClH/c1-22(20,21)17-5-4-15-6-9-19(10-7-16(15)11-17)13-14-3-2-8-18-12-14;/h4-5,11,14,18H,2-3,6-10,12-13H2,1H3;1H. The Hall–Kier alpha value is -0.620. The first-order chi connectivity index (χ1) is 10.5. The third-order valence-corrected chi connectivity index (χ3v) is 6.03. The lowest BCUT2D eigenvalue weighted by Crippen LogP contribution is -2.39. The third-order valence-electron chi connectivity index (χ3n) is 4.92. The Labute approximate surface area is 146 Å². The van der Waals surface area contributed by atoms with E-state index in [9.17, 15) is 8.42 Å². The summed E-state index contributed by atoms with van der Waals surface area (Å²) in [6.45, 7) is 5.59. The zero-order chi connectivity index (χ0) is 15.6. The first kappa shape index (κ1) is 18.7. The quantitative estimate of drug-likeness (QED) is 0.896. The molecule has 1 aromatic carbocycles. The number of fused-ring (bicyclic) bond motifs is 1. The molecule has 2 heterocycles. The Morgan fingerprint density at radius 1 is 1.22 bits per heavy atom. The van der Waals surface area contributed by atoms with Crippen LogP contribution in [0.25, 0.3) is 0 Å². The summed E-state index contributed by atoms with van der Waals surface area (Å²) < 4.78 is 23.4. The van der Waals surface area contributed by atoms with Crippen molar-refractivity contribution in [1.82, 2.24) is 10.2 Å². The number of sulfone groups is 1. The highest BCUT2D eigenvalue weighted by Gasteiger charge is 2.20. The molecule has 1 unspecified atom stereocenters. The predicted molar refractivity (Wildman–Crippen MR) is 96.2 cm³/mol. The molecule has 1 aromatic rings. The van der Waals surface area contributed by atoms with E-state index < -0.39 is 9.84 Å². The number of halogens is 1. The fraction of sp³-hybridized carbons (Fsp3) is 0.647. The van der Waals surface area contributed by atoms with Crippen LogP contribution in [0.2, 0.25) is 0 Å². The SMILES string of the molecule is CS(=O)(=O)c1ccc2c(c1)CCN(CC1CCCNC1)CC2.Cl. The highest BCUT2D eigenvalue weighted by atomic mass is 35.5. The number of hydrogen-bond donors (Lipinski definition) is 1. The van der Waals surface area contributed by atoms with E-state index in [1.165, 1.54) is 36.8 Å². The van der Waals surface area contributed by atoms with Crippen LogP contribution in [0.5, 0.6) is 0 Å². The molecule has 1 atom stereocenters. The molecular weight excluding hydrogens is 332 g/mol. The fourth-order valence-electron chi connectivity index (χ4n) is 3.61. The Bertz CT molecular complexity index is 627. The van der Waals surface area contributed by atoms with Crippen molar-refractivity contribution >= 4 is 22.2 Å². The van der Waals surface area contributed by atoms with Gasteiger partial charge < -0.3 is 10.2 Å². The molecular formula is C17H27ClN2O2S. The van der Waals surface area contributed by atoms with E-state index in [0.717, 1.165) is 44.9 Å². The van der Waals surface area contributed by atoms with Crippen LogP contribution in [0.15, 0.2) is 23.1 Å². The largest absolute Gasteiger partial charge is 0.316 e. The van der Waals surface area contributed by atoms with Crippen molar-refractivity contribution in [1.29, 1.82) is 0 Å². The van der Waals surface area contributed by atoms with E-state index >= 15 is 0 Å². The van der Waals surface area contributed by atoms with E-state index in [4.69, 9.17) is 0 Å². The second kappa shape index (κ2) is 7.97. The van der Waals surface area contributed by atoms with Gasteiger partial charge in [-0.1, -0.05) is 6.07 Å². The molecule has 23 heavy (non-hydrogen) atoms. The minimum atomic E-state index is -3.11. The maximum absolute atomic E-state index is 11.7.